The number of hydrogen-bond donors (Lipinski definition) is 2. The van der Waals surface area contributed by atoms with E-state index in [9.17, 15) is 29.4 Å². The lowest BCUT2D eigenvalue weighted by molar-refractivity contribution is 0.0651. The van der Waals surface area contributed by atoms with Crippen LogP contribution in [0.2, 0.25) is 0 Å². The maximum absolute atomic E-state index is 12.8. The molecule has 236 valence electrons. The van der Waals surface area contributed by atoms with E-state index < -0.39 is 34.6 Å². The van der Waals surface area contributed by atoms with Crippen LogP contribution >= 0.6 is 0 Å². The molecule has 0 unspecified atom stereocenters. The lowest BCUT2D eigenvalue weighted by Gasteiger charge is -2.19. The van der Waals surface area contributed by atoms with Gasteiger partial charge >= 0.3 is 11.9 Å². The zero-order chi connectivity index (χ0) is 31.9. The average Bonchev–Trinajstić information content (AvgIpc) is 3.24. The Morgan fingerprint density at radius 1 is 0.682 bits per heavy atom. The summed E-state index contributed by atoms with van der Waals surface area (Å²) in [5.74, 6) is -4.18. The predicted octanol–water partition coefficient (Wildman–Crippen LogP) is 9.02. The first-order valence-corrected chi connectivity index (χ1v) is 16.2. The van der Waals surface area contributed by atoms with Crippen LogP contribution in [0.25, 0.3) is 6.08 Å². The fraction of sp³-hybridized carbons (Fsp3) is 0.459. The van der Waals surface area contributed by atoms with Gasteiger partial charge in [-0.15, -0.1) is 0 Å². The number of rotatable bonds is 20. The lowest BCUT2D eigenvalue weighted by Crippen LogP contribution is -2.18. The van der Waals surface area contributed by atoms with Crippen molar-refractivity contribution in [3.8, 4) is 0 Å². The highest BCUT2D eigenvalue weighted by Gasteiger charge is 2.35. The molecule has 2 aromatic carbocycles. The summed E-state index contributed by atoms with van der Waals surface area (Å²) >= 11 is 0. The molecule has 0 spiro atoms. The Balaban J connectivity index is 1.39. The Hall–Kier alpha value is -4.00. The highest BCUT2D eigenvalue weighted by atomic mass is 16.4. The summed E-state index contributed by atoms with van der Waals surface area (Å²) in [4.78, 5) is 50.8. The Bertz CT molecular complexity index is 1300. The van der Waals surface area contributed by atoms with E-state index in [4.69, 9.17) is 0 Å². The van der Waals surface area contributed by atoms with E-state index in [0.717, 1.165) is 36.3 Å². The summed E-state index contributed by atoms with van der Waals surface area (Å²) in [6.45, 7) is 3.26. The minimum absolute atomic E-state index is 0.0942. The van der Waals surface area contributed by atoms with Crippen LogP contribution in [-0.2, 0) is 0 Å². The maximum Gasteiger partial charge on any atom is 0.336 e. The molecular formula is C37H47NO6. The molecule has 7 nitrogen and oxygen atoms in total. The number of nitrogens with zero attached hydrogens (tertiary/aromatic N) is 1. The zero-order valence-corrected chi connectivity index (χ0v) is 26.3. The molecule has 0 aliphatic heterocycles. The van der Waals surface area contributed by atoms with Crippen LogP contribution < -0.4 is 4.90 Å². The standard InChI is InChI=1S/C37H47NO6/c1-3-4-5-6-7-8-9-10-11-12-13-14-15-16-24-38(2)28-22-20-27(21-23-28)18-17-19-29-34(39)30-25-32(36(41)42)33(37(43)44)26-31(30)35(29)40/h17-23,25-26H,3-16,24H2,1-2H3,(H,41,42)(H,43,44)/b18-17+. The monoisotopic (exact) mass is 601 g/mol. The molecule has 2 N–H and O–H groups in total. The zero-order valence-electron chi connectivity index (χ0n) is 26.3. The Morgan fingerprint density at radius 2 is 1.11 bits per heavy atom. The summed E-state index contributed by atoms with van der Waals surface area (Å²) in [5.41, 5.74) is 0.654. The van der Waals surface area contributed by atoms with Gasteiger partial charge in [-0.25, -0.2) is 9.59 Å². The van der Waals surface area contributed by atoms with Crippen LogP contribution in [0, 0.1) is 0 Å². The molecule has 0 atom stereocenters. The highest BCUT2D eigenvalue weighted by molar-refractivity contribution is 6.40. The molecule has 1 aliphatic rings. The van der Waals surface area contributed by atoms with Gasteiger partial charge in [-0.2, -0.15) is 0 Å². The third-order valence-corrected chi connectivity index (χ3v) is 8.33. The van der Waals surface area contributed by atoms with Gasteiger partial charge in [-0.1, -0.05) is 115 Å². The first-order valence-electron chi connectivity index (χ1n) is 16.2. The van der Waals surface area contributed by atoms with Gasteiger partial charge < -0.3 is 15.1 Å². The van der Waals surface area contributed by atoms with Crippen LogP contribution in [0.15, 0.2) is 54.1 Å². The third kappa shape index (κ3) is 10.0. The molecule has 3 rings (SSSR count). The van der Waals surface area contributed by atoms with Gasteiger partial charge in [0, 0.05) is 30.4 Å². The van der Waals surface area contributed by atoms with Gasteiger partial charge in [-0.05, 0) is 42.3 Å². The van der Waals surface area contributed by atoms with Gasteiger partial charge in [0.05, 0.1) is 16.7 Å². The third-order valence-electron chi connectivity index (χ3n) is 8.33. The second kappa shape index (κ2) is 18.0. The fourth-order valence-corrected chi connectivity index (χ4v) is 5.64. The molecule has 0 radical (unpaired) electrons. The number of anilines is 1. The Kier molecular flexibility index (Phi) is 14.1. The van der Waals surface area contributed by atoms with E-state index in [1.54, 1.807) is 12.2 Å². The summed E-state index contributed by atoms with van der Waals surface area (Å²) in [6.07, 6.45) is 23.6. The molecule has 0 bridgehead atoms. The minimum atomic E-state index is -1.48. The number of carbonyl (C=O) groups is 4. The highest BCUT2D eigenvalue weighted by Crippen LogP contribution is 2.30. The molecule has 0 aromatic heterocycles. The molecular weight excluding hydrogens is 554 g/mol. The van der Waals surface area contributed by atoms with Gasteiger partial charge in [-0.3, -0.25) is 9.59 Å². The van der Waals surface area contributed by atoms with Crippen LogP contribution in [0.4, 0.5) is 5.69 Å². The maximum atomic E-state index is 12.8. The van der Waals surface area contributed by atoms with Crippen molar-refractivity contribution in [3.63, 3.8) is 0 Å². The van der Waals surface area contributed by atoms with E-state index in [-0.39, 0.29) is 16.7 Å². The molecule has 0 saturated heterocycles. The average molecular weight is 602 g/mol. The number of carboxylic acids is 2. The van der Waals surface area contributed by atoms with E-state index >= 15 is 0 Å². The fourth-order valence-electron chi connectivity index (χ4n) is 5.64. The second-order valence-electron chi connectivity index (χ2n) is 11.8. The molecule has 2 aromatic rings. The number of hydrogen-bond acceptors (Lipinski definition) is 5. The first kappa shape index (κ1) is 34.5. The van der Waals surface area contributed by atoms with Crippen molar-refractivity contribution in [3.05, 3.63) is 81.9 Å². The van der Waals surface area contributed by atoms with Crippen molar-refractivity contribution >= 4 is 35.3 Å². The number of aromatic carboxylic acids is 2. The number of unbranched alkanes of at least 4 members (excludes halogenated alkanes) is 13. The summed E-state index contributed by atoms with van der Waals surface area (Å²) in [5, 5.41) is 18.7. The van der Waals surface area contributed by atoms with Crippen molar-refractivity contribution in [1.29, 1.82) is 0 Å². The Labute approximate surface area is 261 Å². The Morgan fingerprint density at radius 3 is 1.55 bits per heavy atom. The van der Waals surface area contributed by atoms with Crippen LogP contribution in [0.5, 0.6) is 0 Å². The molecule has 44 heavy (non-hydrogen) atoms. The number of carboxylic acid groups (broad SMARTS) is 2. The summed E-state index contributed by atoms with van der Waals surface area (Å²) in [6, 6.07) is 9.97. The molecule has 0 fully saturated rings. The van der Waals surface area contributed by atoms with E-state index in [1.165, 1.54) is 89.5 Å². The molecule has 0 saturated carbocycles. The van der Waals surface area contributed by atoms with Crippen molar-refractivity contribution in [1.82, 2.24) is 0 Å². The van der Waals surface area contributed by atoms with E-state index in [2.05, 4.69) is 18.9 Å². The predicted molar refractivity (Wildman–Crippen MR) is 176 cm³/mol. The number of ketones is 2. The number of Topliss-reactive ketones (excluding diaryl/α,β-unsaturated/α-hetero) is 2. The number of allylic oxidation sites excluding steroid dienone is 3. The van der Waals surface area contributed by atoms with Crippen molar-refractivity contribution < 1.29 is 29.4 Å². The molecule has 1 aliphatic carbocycles. The van der Waals surface area contributed by atoms with Crippen molar-refractivity contribution in [2.24, 2.45) is 0 Å². The number of fused-ring (bicyclic) bond motifs is 1. The van der Waals surface area contributed by atoms with Crippen LogP contribution in [0.1, 0.15) is 144 Å². The normalized spacial score (nSPS) is 12.6. The molecule has 7 heteroatoms. The largest absolute Gasteiger partial charge is 0.478 e. The van der Waals surface area contributed by atoms with Crippen LogP contribution in [-0.4, -0.2) is 47.3 Å². The smallest absolute Gasteiger partial charge is 0.336 e. The summed E-state index contributed by atoms with van der Waals surface area (Å²) in [7, 11) is 2.10. The van der Waals surface area contributed by atoms with Crippen LogP contribution in [0.3, 0.4) is 0 Å². The number of benzene rings is 2. The SMILES string of the molecule is CCCCCCCCCCCCCCCCN(C)c1ccc(/C=C/C=C2C(=O)c3cc(C(=O)O)c(C(=O)O)cc3C2=O)cc1. The number of carbonyl (C=O) groups excluding carboxylic acids is 2. The van der Waals surface area contributed by atoms with Gasteiger partial charge in [0.1, 0.15) is 0 Å². The first-order chi connectivity index (χ1) is 21.2. The second-order valence-corrected chi connectivity index (χ2v) is 11.8. The van der Waals surface area contributed by atoms with Crippen molar-refractivity contribution in [2.75, 3.05) is 18.5 Å². The molecule has 0 heterocycles. The van der Waals surface area contributed by atoms with Crippen molar-refractivity contribution in [2.45, 2.75) is 96.8 Å². The van der Waals surface area contributed by atoms with E-state index in [1.807, 2.05) is 24.3 Å². The summed E-state index contributed by atoms with van der Waals surface area (Å²) < 4.78 is 0. The van der Waals surface area contributed by atoms with E-state index in [0.29, 0.717) is 0 Å². The minimum Gasteiger partial charge on any atom is -0.478 e. The quantitative estimate of drug-likeness (QED) is 0.0884. The van der Waals surface area contributed by atoms with Gasteiger partial charge in [0.15, 0.2) is 11.6 Å². The van der Waals surface area contributed by atoms with Gasteiger partial charge in [0.25, 0.3) is 0 Å². The molecule has 0 amide bonds. The lowest BCUT2D eigenvalue weighted by atomic mass is 9.99. The van der Waals surface area contributed by atoms with Gasteiger partial charge in [0.2, 0.25) is 0 Å². The topological polar surface area (TPSA) is 112 Å².